The molecular formula is C13H16ClNS. The van der Waals surface area contributed by atoms with E-state index in [0.717, 1.165) is 23.6 Å². The van der Waals surface area contributed by atoms with E-state index in [1.807, 2.05) is 49.9 Å². The van der Waals surface area contributed by atoms with E-state index in [2.05, 4.69) is 6.07 Å². The molecule has 86 valence electrons. The maximum absolute atomic E-state index is 8.87. The van der Waals surface area contributed by atoms with Gasteiger partial charge < -0.3 is 0 Å². The molecule has 0 fully saturated rings. The van der Waals surface area contributed by atoms with Crippen molar-refractivity contribution in [1.82, 2.24) is 0 Å². The summed E-state index contributed by atoms with van der Waals surface area (Å²) < 4.78 is 0. The standard InChI is InChI=1S/C13H16ClNS/c1-13(2,10-15)8-3-9-16-12-6-4-11(14)5-7-12/h4-7H,3,8-9H2,1-2H3. The van der Waals surface area contributed by atoms with Crippen molar-refractivity contribution in [2.24, 2.45) is 5.41 Å². The van der Waals surface area contributed by atoms with Crippen LogP contribution in [0, 0.1) is 16.7 Å². The van der Waals surface area contributed by atoms with Gasteiger partial charge in [0, 0.05) is 9.92 Å². The van der Waals surface area contributed by atoms with Crippen molar-refractivity contribution >= 4 is 23.4 Å². The number of nitriles is 1. The number of hydrogen-bond acceptors (Lipinski definition) is 2. The van der Waals surface area contributed by atoms with Crippen molar-refractivity contribution in [3.8, 4) is 6.07 Å². The smallest absolute Gasteiger partial charge is 0.0683 e. The summed E-state index contributed by atoms with van der Waals surface area (Å²) in [5.41, 5.74) is -0.194. The highest BCUT2D eigenvalue weighted by Gasteiger charge is 2.15. The minimum atomic E-state index is -0.194. The van der Waals surface area contributed by atoms with E-state index in [-0.39, 0.29) is 5.41 Å². The normalized spacial score (nSPS) is 11.1. The fourth-order valence-electron chi connectivity index (χ4n) is 1.29. The van der Waals surface area contributed by atoms with Gasteiger partial charge in [-0.05, 0) is 56.7 Å². The Labute approximate surface area is 107 Å². The lowest BCUT2D eigenvalue weighted by atomic mass is 9.90. The summed E-state index contributed by atoms with van der Waals surface area (Å²) in [6.07, 6.45) is 2.01. The van der Waals surface area contributed by atoms with Gasteiger partial charge in [-0.15, -0.1) is 11.8 Å². The number of nitrogens with zero attached hydrogens (tertiary/aromatic N) is 1. The van der Waals surface area contributed by atoms with Gasteiger partial charge in [0.05, 0.1) is 11.5 Å². The summed E-state index contributed by atoms with van der Waals surface area (Å²) in [6, 6.07) is 10.2. The molecule has 0 aliphatic rings. The van der Waals surface area contributed by atoms with E-state index in [9.17, 15) is 0 Å². The van der Waals surface area contributed by atoms with Crippen molar-refractivity contribution in [2.45, 2.75) is 31.6 Å². The molecule has 0 N–H and O–H groups in total. The van der Waals surface area contributed by atoms with Crippen molar-refractivity contribution in [1.29, 1.82) is 5.26 Å². The second kappa shape index (κ2) is 6.18. The minimum Gasteiger partial charge on any atom is -0.198 e. The summed E-state index contributed by atoms with van der Waals surface area (Å²) >= 11 is 7.62. The van der Waals surface area contributed by atoms with Crippen LogP contribution in [0.25, 0.3) is 0 Å². The van der Waals surface area contributed by atoms with E-state index in [1.54, 1.807) is 0 Å². The first-order valence-corrected chi connectivity index (χ1v) is 6.69. The van der Waals surface area contributed by atoms with Crippen LogP contribution in [0.2, 0.25) is 5.02 Å². The van der Waals surface area contributed by atoms with Gasteiger partial charge in [0.15, 0.2) is 0 Å². The Morgan fingerprint density at radius 2 is 1.94 bits per heavy atom. The number of rotatable bonds is 5. The SMILES string of the molecule is CC(C)(C#N)CCCSc1ccc(Cl)cc1. The molecule has 0 aromatic heterocycles. The third-order valence-corrected chi connectivity index (χ3v) is 3.68. The van der Waals surface area contributed by atoms with E-state index in [1.165, 1.54) is 4.90 Å². The predicted molar refractivity (Wildman–Crippen MR) is 70.8 cm³/mol. The quantitative estimate of drug-likeness (QED) is 0.558. The predicted octanol–water partition coefficient (Wildman–Crippen LogP) is 4.76. The molecule has 0 heterocycles. The number of halogens is 1. The largest absolute Gasteiger partial charge is 0.198 e. The van der Waals surface area contributed by atoms with Crippen LogP contribution in [-0.2, 0) is 0 Å². The van der Waals surface area contributed by atoms with Gasteiger partial charge in [0.2, 0.25) is 0 Å². The van der Waals surface area contributed by atoms with Crippen molar-refractivity contribution in [3.05, 3.63) is 29.3 Å². The molecule has 1 aromatic carbocycles. The van der Waals surface area contributed by atoms with Crippen LogP contribution < -0.4 is 0 Å². The number of benzene rings is 1. The highest BCUT2D eigenvalue weighted by Crippen LogP contribution is 2.25. The molecule has 1 rings (SSSR count). The van der Waals surface area contributed by atoms with Gasteiger partial charge in [-0.2, -0.15) is 5.26 Å². The van der Waals surface area contributed by atoms with Crippen LogP contribution >= 0.6 is 23.4 Å². The Morgan fingerprint density at radius 3 is 2.50 bits per heavy atom. The molecule has 0 amide bonds. The van der Waals surface area contributed by atoms with Gasteiger partial charge in [-0.1, -0.05) is 11.6 Å². The fourth-order valence-corrected chi connectivity index (χ4v) is 2.27. The molecule has 0 saturated carbocycles. The van der Waals surface area contributed by atoms with Crippen LogP contribution in [0.5, 0.6) is 0 Å². The van der Waals surface area contributed by atoms with Crippen LogP contribution in [0.1, 0.15) is 26.7 Å². The summed E-state index contributed by atoms with van der Waals surface area (Å²) in [7, 11) is 0. The minimum absolute atomic E-state index is 0.194. The van der Waals surface area contributed by atoms with Gasteiger partial charge in [0.1, 0.15) is 0 Å². The Balaban J connectivity index is 2.27. The lowest BCUT2D eigenvalue weighted by Crippen LogP contribution is -2.07. The average Bonchev–Trinajstić information content (AvgIpc) is 2.27. The van der Waals surface area contributed by atoms with Crippen LogP contribution in [0.4, 0.5) is 0 Å². The summed E-state index contributed by atoms with van der Waals surface area (Å²) in [4.78, 5) is 1.24. The Kier molecular flexibility index (Phi) is 5.18. The zero-order chi connectivity index (χ0) is 12.0. The zero-order valence-electron chi connectivity index (χ0n) is 9.66. The molecule has 1 nitrogen and oxygen atoms in total. The molecule has 0 bridgehead atoms. The van der Waals surface area contributed by atoms with Gasteiger partial charge >= 0.3 is 0 Å². The highest BCUT2D eigenvalue weighted by molar-refractivity contribution is 7.99. The highest BCUT2D eigenvalue weighted by atomic mass is 35.5. The third-order valence-electron chi connectivity index (χ3n) is 2.33. The fraction of sp³-hybridized carbons (Fsp3) is 0.462. The first kappa shape index (κ1) is 13.4. The molecule has 0 spiro atoms. The van der Waals surface area contributed by atoms with E-state index in [0.29, 0.717) is 0 Å². The second-order valence-electron chi connectivity index (χ2n) is 4.40. The molecule has 3 heteroatoms. The van der Waals surface area contributed by atoms with Crippen molar-refractivity contribution < 1.29 is 0 Å². The summed E-state index contributed by atoms with van der Waals surface area (Å²) in [5, 5.41) is 9.64. The Bertz CT molecular complexity index is 365. The number of thioether (sulfide) groups is 1. The topological polar surface area (TPSA) is 23.8 Å². The van der Waals surface area contributed by atoms with Crippen LogP contribution in [0.15, 0.2) is 29.2 Å². The molecule has 1 aromatic rings. The van der Waals surface area contributed by atoms with Gasteiger partial charge in [-0.3, -0.25) is 0 Å². The second-order valence-corrected chi connectivity index (χ2v) is 6.01. The molecule has 0 atom stereocenters. The number of hydrogen-bond donors (Lipinski definition) is 0. The lowest BCUT2D eigenvalue weighted by molar-refractivity contribution is 0.448. The molecule has 0 saturated heterocycles. The lowest BCUT2D eigenvalue weighted by Gasteiger charge is -2.13. The van der Waals surface area contributed by atoms with Gasteiger partial charge in [-0.25, -0.2) is 0 Å². The molecule has 0 aliphatic carbocycles. The maximum atomic E-state index is 8.87. The van der Waals surface area contributed by atoms with Crippen LogP contribution in [0.3, 0.4) is 0 Å². The molecule has 0 unspecified atom stereocenters. The summed E-state index contributed by atoms with van der Waals surface area (Å²) in [6.45, 7) is 3.97. The van der Waals surface area contributed by atoms with Crippen LogP contribution in [-0.4, -0.2) is 5.75 Å². The van der Waals surface area contributed by atoms with Crippen molar-refractivity contribution in [2.75, 3.05) is 5.75 Å². The molecule has 16 heavy (non-hydrogen) atoms. The Hall–Kier alpha value is -0.650. The molecule has 0 aliphatic heterocycles. The average molecular weight is 254 g/mol. The monoisotopic (exact) mass is 253 g/mol. The van der Waals surface area contributed by atoms with E-state index in [4.69, 9.17) is 16.9 Å². The third kappa shape index (κ3) is 4.92. The van der Waals surface area contributed by atoms with E-state index >= 15 is 0 Å². The zero-order valence-corrected chi connectivity index (χ0v) is 11.2. The molecule has 0 radical (unpaired) electrons. The Morgan fingerprint density at radius 1 is 1.31 bits per heavy atom. The first-order valence-electron chi connectivity index (χ1n) is 5.33. The van der Waals surface area contributed by atoms with Gasteiger partial charge in [0.25, 0.3) is 0 Å². The van der Waals surface area contributed by atoms with Crippen molar-refractivity contribution in [3.63, 3.8) is 0 Å². The van der Waals surface area contributed by atoms with E-state index < -0.39 is 0 Å². The maximum Gasteiger partial charge on any atom is 0.0683 e. The first-order chi connectivity index (χ1) is 7.53. The molecular weight excluding hydrogens is 238 g/mol. The summed E-state index contributed by atoms with van der Waals surface area (Å²) in [5.74, 6) is 1.05.